The summed E-state index contributed by atoms with van der Waals surface area (Å²) < 4.78 is 1.03. The minimum Gasteiger partial charge on any atom is -0.504 e. The van der Waals surface area contributed by atoms with Gasteiger partial charge in [-0.15, -0.1) is 11.8 Å². The molecule has 0 saturated heterocycles. The Morgan fingerprint density at radius 2 is 2.00 bits per heavy atom. The van der Waals surface area contributed by atoms with Gasteiger partial charge in [-0.25, -0.2) is 5.43 Å². The summed E-state index contributed by atoms with van der Waals surface area (Å²) >= 11 is 4.96. The molecule has 5 nitrogen and oxygen atoms in total. The van der Waals surface area contributed by atoms with Gasteiger partial charge in [-0.2, -0.15) is 5.10 Å². The number of hydrogen-bond acceptors (Lipinski definition) is 5. The summed E-state index contributed by atoms with van der Waals surface area (Å²) in [4.78, 5) is 11.7. The number of carbonyl (C=O) groups is 1. The first-order valence-corrected chi connectivity index (χ1v) is 8.66. The Balaban J connectivity index is 1.75. The van der Waals surface area contributed by atoms with Crippen molar-refractivity contribution in [2.45, 2.75) is 5.75 Å². The second-order valence-electron chi connectivity index (χ2n) is 4.63. The number of thioether (sulfide) groups is 1. The van der Waals surface area contributed by atoms with Crippen LogP contribution in [-0.4, -0.2) is 28.1 Å². The fraction of sp³-hybridized carbons (Fsp3) is 0.125. The second-order valence-corrected chi connectivity index (χ2v) is 6.47. The summed E-state index contributed by atoms with van der Waals surface area (Å²) in [5.41, 5.74) is 4.12. The SMILES string of the molecule is O=C(CSCc1ccccc1Br)N/N=C\c1ccc(O)c(O)c1. The lowest BCUT2D eigenvalue weighted by molar-refractivity contribution is -0.118. The number of aromatic hydroxyl groups is 2. The number of hydrogen-bond donors (Lipinski definition) is 3. The minimum atomic E-state index is -0.232. The molecule has 23 heavy (non-hydrogen) atoms. The zero-order valence-electron chi connectivity index (χ0n) is 12.1. The van der Waals surface area contributed by atoms with E-state index in [0.29, 0.717) is 11.3 Å². The van der Waals surface area contributed by atoms with Crippen molar-refractivity contribution in [2.24, 2.45) is 5.10 Å². The molecule has 0 atom stereocenters. The van der Waals surface area contributed by atoms with Crippen molar-refractivity contribution in [3.8, 4) is 11.5 Å². The molecule has 3 N–H and O–H groups in total. The third-order valence-corrected chi connectivity index (χ3v) is 4.61. The maximum Gasteiger partial charge on any atom is 0.250 e. The topological polar surface area (TPSA) is 81.9 Å². The number of phenolic OH excluding ortho intramolecular Hbond substituents is 2. The highest BCUT2D eigenvalue weighted by molar-refractivity contribution is 9.10. The number of benzene rings is 2. The zero-order chi connectivity index (χ0) is 16.7. The minimum absolute atomic E-state index is 0.199. The molecule has 0 unspecified atom stereocenters. The smallest absolute Gasteiger partial charge is 0.250 e. The molecule has 0 saturated carbocycles. The highest BCUT2D eigenvalue weighted by Gasteiger charge is 2.03. The summed E-state index contributed by atoms with van der Waals surface area (Å²) in [6.45, 7) is 0. The van der Waals surface area contributed by atoms with Crippen LogP contribution in [-0.2, 0) is 10.5 Å². The summed E-state index contributed by atoms with van der Waals surface area (Å²) in [5, 5.41) is 22.4. The van der Waals surface area contributed by atoms with Crippen molar-refractivity contribution in [2.75, 3.05) is 5.75 Å². The van der Waals surface area contributed by atoms with Gasteiger partial charge in [0.15, 0.2) is 11.5 Å². The fourth-order valence-electron chi connectivity index (χ4n) is 1.70. The van der Waals surface area contributed by atoms with Crippen molar-refractivity contribution >= 4 is 39.8 Å². The molecular formula is C16H15BrN2O3S. The number of halogens is 1. The standard InChI is InChI=1S/C16H15BrN2O3S/c17-13-4-2-1-3-12(13)9-23-10-16(22)19-18-8-11-5-6-14(20)15(21)7-11/h1-8,20-21H,9-10H2,(H,19,22)/b18-8-. The molecule has 120 valence electrons. The maximum atomic E-state index is 11.7. The third-order valence-electron chi connectivity index (χ3n) is 2.85. The van der Waals surface area contributed by atoms with Crippen LogP contribution in [0.3, 0.4) is 0 Å². The first-order valence-electron chi connectivity index (χ1n) is 6.71. The molecule has 0 aromatic heterocycles. The molecule has 2 aromatic rings. The summed E-state index contributed by atoms with van der Waals surface area (Å²) in [6, 6.07) is 12.2. The summed E-state index contributed by atoms with van der Waals surface area (Å²) in [5.74, 6) is 0.379. The van der Waals surface area contributed by atoms with Crippen molar-refractivity contribution in [3.05, 3.63) is 58.1 Å². The second kappa shape index (κ2) is 8.59. The molecule has 2 aromatic carbocycles. The Bertz CT molecular complexity index is 722. The molecule has 0 aliphatic rings. The first kappa shape index (κ1) is 17.4. The zero-order valence-corrected chi connectivity index (χ0v) is 14.5. The van der Waals surface area contributed by atoms with Gasteiger partial charge in [0.2, 0.25) is 5.91 Å². The van der Waals surface area contributed by atoms with Crippen molar-refractivity contribution in [1.29, 1.82) is 0 Å². The van der Waals surface area contributed by atoms with Crippen LogP contribution < -0.4 is 5.43 Å². The van der Waals surface area contributed by atoms with Gasteiger partial charge in [0.05, 0.1) is 12.0 Å². The van der Waals surface area contributed by atoms with E-state index in [-0.39, 0.29) is 17.4 Å². The van der Waals surface area contributed by atoms with Crippen LogP contribution in [0, 0.1) is 0 Å². The number of hydrazone groups is 1. The van der Waals surface area contributed by atoms with Gasteiger partial charge < -0.3 is 10.2 Å². The Morgan fingerprint density at radius 1 is 1.22 bits per heavy atom. The monoisotopic (exact) mass is 394 g/mol. The molecule has 0 aliphatic carbocycles. The van der Waals surface area contributed by atoms with Crippen LogP contribution >= 0.6 is 27.7 Å². The quantitative estimate of drug-likeness (QED) is 0.399. The van der Waals surface area contributed by atoms with Crippen molar-refractivity contribution in [3.63, 3.8) is 0 Å². The van der Waals surface area contributed by atoms with Crippen LogP contribution in [0.25, 0.3) is 0 Å². The van der Waals surface area contributed by atoms with E-state index in [0.717, 1.165) is 15.8 Å². The largest absolute Gasteiger partial charge is 0.504 e. The lowest BCUT2D eigenvalue weighted by Gasteiger charge is -2.03. The Hall–Kier alpha value is -1.99. The van der Waals surface area contributed by atoms with Crippen LogP contribution in [0.15, 0.2) is 52.0 Å². The molecule has 0 aliphatic heterocycles. The highest BCUT2D eigenvalue weighted by Crippen LogP contribution is 2.24. The molecule has 0 fully saturated rings. The van der Waals surface area contributed by atoms with Gasteiger partial charge in [0.1, 0.15) is 0 Å². The van der Waals surface area contributed by atoms with Crippen LogP contribution in [0.2, 0.25) is 0 Å². The van der Waals surface area contributed by atoms with E-state index in [1.165, 1.54) is 30.1 Å². The normalized spacial score (nSPS) is 10.8. The lowest BCUT2D eigenvalue weighted by Crippen LogP contribution is -2.19. The van der Waals surface area contributed by atoms with Crippen LogP contribution in [0.4, 0.5) is 0 Å². The van der Waals surface area contributed by atoms with E-state index in [1.54, 1.807) is 6.07 Å². The van der Waals surface area contributed by atoms with E-state index >= 15 is 0 Å². The number of rotatable bonds is 6. The Morgan fingerprint density at radius 3 is 2.74 bits per heavy atom. The number of nitrogens with zero attached hydrogens (tertiary/aromatic N) is 1. The van der Waals surface area contributed by atoms with E-state index in [2.05, 4.69) is 26.5 Å². The predicted octanol–water partition coefficient (Wildman–Crippen LogP) is 3.24. The number of amides is 1. The summed E-state index contributed by atoms with van der Waals surface area (Å²) in [6.07, 6.45) is 1.40. The third kappa shape index (κ3) is 5.61. The van der Waals surface area contributed by atoms with Gasteiger partial charge in [-0.3, -0.25) is 4.79 Å². The highest BCUT2D eigenvalue weighted by atomic mass is 79.9. The Labute approximate surface area is 146 Å². The molecule has 0 radical (unpaired) electrons. The summed E-state index contributed by atoms with van der Waals surface area (Å²) in [7, 11) is 0. The van der Waals surface area contributed by atoms with Crippen LogP contribution in [0.1, 0.15) is 11.1 Å². The fourth-order valence-corrected chi connectivity index (χ4v) is 3.14. The average molecular weight is 395 g/mol. The molecule has 0 spiro atoms. The van der Waals surface area contributed by atoms with E-state index in [4.69, 9.17) is 0 Å². The molecule has 0 bridgehead atoms. The van der Waals surface area contributed by atoms with Crippen molar-refractivity contribution in [1.82, 2.24) is 5.43 Å². The molecule has 0 heterocycles. The lowest BCUT2D eigenvalue weighted by atomic mass is 10.2. The van der Waals surface area contributed by atoms with Gasteiger partial charge in [-0.1, -0.05) is 34.1 Å². The molecule has 2 rings (SSSR count). The maximum absolute atomic E-state index is 11.7. The average Bonchev–Trinajstić information content (AvgIpc) is 2.53. The van der Waals surface area contributed by atoms with E-state index < -0.39 is 0 Å². The van der Waals surface area contributed by atoms with Gasteiger partial charge in [-0.05, 0) is 35.4 Å². The number of phenols is 2. The van der Waals surface area contributed by atoms with Gasteiger partial charge in [0.25, 0.3) is 0 Å². The molecule has 1 amide bonds. The molecule has 7 heteroatoms. The number of carbonyl (C=O) groups excluding carboxylic acids is 1. The molecular weight excluding hydrogens is 380 g/mol. The predicted molar refractivity (Wildman–Crippen MR) is 95.8 cm³/mol. The number of nitrogens with one attached hydrogen (secondary N) is 1. The van der Waals surface area contributed by atoms with Gasteiger partial charge >= 0.3 is 0 Å². The Kier molecular flexibility index (Phi) is 6.49. The van der Waals surface area contributed by atoms with Gasteiger partial charge in [0, 0.05) is 10.2 Å². The van der Waals surface area contributed by atoms with Crippen molar-refractivity contribution < 1.29 is 15.0 Å². The van der Waals surface area contributed by atoms with E-state index in [9.17, 15) is 15.0 Å². The van der Waals surface area contributed by atoms with Crippen LogP contribution in [0.5, 0.6) is 11.5 Å². The first-order chi connectivity index (χ1) is 11.1. The van der Waals surface area contributed by atoms with E-state index in [1.807, 2.05) is 24.3 Å².